The number of amides is 1. The Labute approximate surface area is 96.6 Å². The summed E-state index contributed by atoms with van der Waals surface area (Å²) in [6, 6.07) is 5.94. The number of pyridine rings is 1. The Balaban J connectivity index is 1.85. The zero-order valence-corrected chi connectivity index (χ0v) is 9.75. The fourth-order valence-electron chi connectivity index (χ4n) is 1.56. The van der Waals surface area contributed by atoms with Gasteiger partial charge in [0.05, 0.1) is 0 Å². The molecule has 0 radical (unpaired) electrons. The number of anilines is 1. The van der Waals surface area contributed by atoms with Gasteiger partial charge >= 0.3 is 0 Å². The van der Waals surface area contributed by atoms with E-state index in [9.17, 15) is 4.79 Å². The lowest BCUT2D eigenvalue weighted by molar-refractivity contribution is -0.119. The van der Waals surface area contributed by atoms with Crippen molar-refractivity contribution in [3.63, 3.8) is 0 Å². The van der Waals surface area contributed by atoms with Gasteiger partial charge in [-0.05, 0) is 34.5 Å². The van der Waals surface area contributed by atoms with Crippen molar-refractivity contribution in [3.8, 4) is 0 Å². The van der Waals surface area contributed by atoms with Crippen LogP contribution in [0.4, 0.5) is 5.82 Å². The van der Waals surface area contributed by atoms with Crippen molar-refractivity contribution in [1.29, 1.82) is 0 Å². The zero-order valence-electron chi connectivity index (χ0n) is 8.16. The van der Waals surface area contributed by atoms with Crippen LogP contribution in [0.25, 0.3) is 0 Å². The predicted molar refractivity (Wildman–Crippen MR) is 61.6 cm³/mol. The van der Waals surface area contributed by atoms with Gasteiger partial charge in [0.2, 0.25) is 5.91 Å². The molecule has 1 aromatic heterocycles. The van der Waals surface area contributed by atoms with Crippen molar-refractivity contribution in [2.45, 2.75) is 18.9 Å². The number of hydrogen-bond acceptors (Lipinski definition) is 3. The molecule has 2 N–H and O–H groups in total. The number of aromatic nitrogens is 1. The summed E-state index contributed by atoms with van der Waals surface area (Å²) in [6.07, 6.45) is 1.54. The topological polar surface area (TPSA) is 54.0 Å². The van der Waals surface area contributed by atoms with E-state index in [4.69, 9.17) is 0 Å². The number of nitrogens with one attached hydrogen (secondary N) is 2. The number of carbonyl (C=O) groups is 1. The second kappa shape index (κ2) is 4.61. The third-order valence-corrected chi connectivity index (χ3v) is 2.77. The summed E-state index contributed by atoms with van der Waals surface area (Å²) < 4.78 is 0.808. The van der Waals surface area contributed by atoms with Gasteiger partial charge in [-0.1, -0.05) is 6.07 Å². The highest BCUT2D eigenvalue weighted by atomic mass is 79.9. The number of carbonyl (C=O) groups excluding carboxylic acids is 1. The van der Waals surface area contributed by atoms with E-state index in [1.54, 1.807) is 0 Å². The highest BCUT2D eigenvalue weighted by Crippen LogP contribution is 2.11. The molecule has 1 unspecified atom stereocenters. The molecule has 5 heteroatoms. The summed E-state index contributed by atoms with van der Waals surface area (Å²) in [5, 5.41) is 6.09. The number of halogens is 1. The SMILES string of the molecule is O=C1CCC(CNc2cccc(Br)n2)N1. The third-order valence-electron chi connectivity index (χ3n) is 2.33. The summed E-state index contributed by atoms with van der Waals surface area (Å²) in [6.45, 7) is 0.731. The Morgan fingerprint density at radius 3 is 3.13 bits per heavy atom. The Bertz CT molecular complexity index is 369. The fraction of sp³-hybridized carbons (Fsp3) is 0.400. The van der Waals surface area contributed by atoms with Crippen molar-refractivity contribution in [2.24, 2.45) is 0 Å². The van der Waals surface area contributed by atoms with Gasteiger partial charge in [0, 0.05) is 19.0 Å². The molecule has 1 saturated heterocycles. The Kier molecular flexibility index (Phi) is 3.20. The van der Waals surface area contributed by atoms with E-state index in [1.165, 1.54) is 0 Å². The molecule has 1 aliphatic heterocycles. The quantitative estimate of drug-likeness (QED) is 0.819. The summed E-state index contributed by atoms with van der Waals surface area (Å²) in [4.78, 5) is 15.2. The molecule has 0 bridgehead atoms. The molecule has 1 aromatic rings. The van der Waals surface area contributed by atoms with Crippen molar-refractivity contribution >= 4 is 27.7 Å². The Hall–Kier alpha value is -1.10. The van der Waals surface area contributed by atoms with Crippen LogP contribution in [0.15, 0.2) is 22.8 Å². The number of hydrogen-bond donors (Lipinski definition) is 2. The van der Waals surface area contributed by atoms with E-state index in [-0.39, 0.29) is 11.9 Å². The van der Waals surface area contributed by atoms with Gasteiger partial charge in [0.1, 0.15) is 10.4 Å². The van der Waals surface area contributed by atoms with Gasteiger partial charge in [-0.15, -0.1) is 0 Å². The summed E-state index contributed by atoms with van der Waals surface area (Å²) in [7, 11) is 0. The summed E-state index contributed by atoms with van der Waals surface area (Å²) in [5.41, 5.74) is 0. The minimum atomic E-state index is 0.143. The van der Waals surface area contributed by atoms with Gasteiger partial charge in [0.15, 0.2) is 0 Å². The fourth-order valence-corrected chi connectivity index (χ4v) is 1.91. The van der Waals surface area contributed by atoms with Crippen LogP contribution in [0, 0.1) is 0 Å². The van der Waals surface area contributed by atoms with Gasteiger partial charge < -0.3 is 10.6 Å². The van der Waals surface area contributed by atoms with Gasteiger partial charge in [0.25, 0.3) is 0 Å². The van der Waals surface area contributed by atoms with Crippen molar-refractivity contribution in [1.82, 2.24) is 10.3 Å². The first-order valence-corrected chi connectivity index (χ1v) is 5.69. The molecule has 0 aliphatic carbocycles. The van der Waals surface area contributed by atoms with Gasteiger partial charge in [-0.2, -0.15) is 0 Å². The molecule has 1 amide bonds. The molecular weight excluding hydrogens is 258 g/mol. The lowest BCUT2D eigenvalue weighted by Gasteiger charge is -2.11. The van der Waals surface area contributed by atoms with Crippen LogP contribution < -0.4 is 10.6 Å². The maximum atomic E-state index is 11.0. The standard InChI is InChI=1S/C10H12BrN3O/c11-8-2-1-3-9(14-8)12-6-7-4-5-10(15)13-7/h1-3,7H,4-6H2,(H,12,14)(H,13,15). The molecule has 0 saturated carbocycles. The Morgan fingerprint density at radius 2 is 2.47 bits per heavy atom. The molecule has 2 rings (SSSR count). The van der Waals surface area contributed by atoms with Crippen molar-refractivity contribution in [2.75, 3.05) is 11.9 Å². The van der Waals surface area contributed by atoms with E-state index < -0.39 is 0 Å². The van der Waals surface area contributed by atoms with E-state index >= 15 is 0 Å². The second-order valence-corrected chi connectivity index (χ2v) is 4.34. The normalized spacial score (nSPS) is 20.1. The maximum Gasteiger partial charge on any atom is 0.220 e. The van der Waals surface area contributed by atoms with Crippen LogP contribution in [-0.4, -0.2) is 23.5 Å². The minimum absolute atomic E-state index is 0.143. The van der Waals surface area contributed by atoms with Crippen LogP contribution in [-0.2, 0) is 4.79 Å². The largest absolute Gasteiger partial charge is 0.368 e. The monoisotopic (exact) mass is 269 g/mol. The van der Waals surface area contributed by atoms with Gasteiger partial charge in [-0.25, -0.2) is 4.98 Å². The maximum absolute atomic E-state index is 11.0. The van der Waals surface area contributed by atoms with E-state index in [1.807, 2.05) is 18.2 Å². The average molecular weight is 270 g/mol. The first kappa shape index (κ1) is 10.4. The molecule has 4 nitrogen and oxygen atoms in total. The molecule has 1 atom stereocenters. The first-order valence-electron chi connectivity index (χ1n) is 4.90. The third kappa shape index (κ3) is 2.92. The van der Waals surface area contributed by atoms with Crippen LogP contribution in [0.5, 0.6) is 0 Å². The highest BCUT2D eigenvalue weighted by molar-refractivity contribution is 9.10. The molecular formula is C10H12BrN3O. The summed E-state index contributed by atoms with van der Waals surface area (Å²) >= 11 is 3.30. The molecule has 1 fully saturated rings. The highest BCUT2D eigenvalue weighted by Gasteiger charge is 2.19. The predicted octanol–water partition coefficient (Wildman–Crippen LogP) is 1.53. The van der Waals surface area contributed by atoms with Crippen LogP contribution in [0.1, 0.15) is 12.8 Å². The minimum Gasteiger partial charge on any atom is -0.368 e. The average Bonchev–Trinajstić information content (AvgIpc) is 2.62. The van der Waals surface area contributed by atoms with Gasteiger partial charge in [-0.3, -0.25) is 4.79 Å². The molecule has 80 valence electrons. The molecule has 15 heavy (non-hydrogen) atoms. The van der Waals surface area contributed by atoms with Crippen molar-refractivity contribution < 1.29 is 4.79 Å². The van der Waals surface area contributed by atoms with Crippen LogP contribution >= 0.6 is 15.9 Å². The van der Waals surface area contributed by atoms with E-state index in [2.05, 4.69) is 31.5 Å². The molecule has 1 aliphatic rings. The molecule has 2 heterocycles. The second-order valence-electron chi connectivity index (χ2n) is 3.53. The molecule has 0 spiro atoms. The van der Waals surface area contributed by atoms with E-state index in [0.717, 1.165) is 23.4 Å². The first-order chi connectivity index (χ1) is 7.24. The lowest BCUT2D eigenvalue weighted by atomic mass is 10.2. The molecule has 0 aromatic carbocycles. The number of rotatable bonds is 3. The van der Waals surface area contributed by atoms with Crippen LogP contribution in [0.3, 0.4) is 0 Å². The van der Waals surface area contributed by atoms with Crippen LogP contribution in [0.2, 0.25) is 0 Å². The summed E-state index contributed by atoms with van der Waals surface area (Å²) in [5.74, 6) is 0.967. The number of nitrogens with zero attached hydrogens (tertiary/aromatic N) is 1. The smallest absolute Gasteiger partial charge is 0.220 e. The van der Waals surface area contributed by atoms with E-state index in [0.29, 0.717) is 6.42 Å². The lowest BCUT2D eigenvalue weighted by Crippen LogP contribution is -2.31. The Morgan fingerprint density at radius 1 is 1.60 bits per heavy atom. The van der Waals surface area contributed by atoms with Crippen molar-refractivity contribution in [3.05, 3.63) is 22.8 Å². The zero-order chi connectivity index (χ0) is 10.7.